The minimum absolute atomic E-state index is 0.0211. The van der Waals surface area contributed by atoms with Gasteiger partial charge in [-0.15, -0.1) is 0 Å². The molecule has 100 valence electrons. The van der Waals surface area contributed by atoms with E-state index in [1.54, 1.807) is 12.1 Å². The van der Waals surface area contributed by atoms with Crippen LogP contribution in [0.3, 0.4) is 0 Å². The Hall–Kier alpha value is -1.45. The summed E-state index contributed by atoms with van der Waals surface area (Å²) < 4.78 is 26.6. The van der Waals surface area contributed by atoms with Gasteiger partial charge < -0.3 is 5.11 Å². The third-order valence-electron chi connectivity index (χ3n) is 3.03. The van der Waals surface area contributed by atoms with E-state index in [-0.39, 0.29) is 12.0 Å². The molecule has 0 aromatic heterocycles. The van der Waals surface area contributed by atoms with E-state index < -0.39 is 17.7 Å². The fraction of sp³-hybridized carbons (Fsp3) is 0.200. The second-order valence-corrected chi connectivity index (χ2v) is 4.79. The van der Waals surface area contributed by atoms with Gasteiger partial charge in [0.2, 0.25) is 0 Å². The van der Waals surface area contributed by atoms with Crippen LogP contribution < -0.4 is 0 Å². The number of aliphatic hydroxyl groups is 1. The summed E-state index contributed by atoms with van der Waals surface area (Å²) >= 11 is 6.10. The van der Waals surface area contributed by atoms with E-state index in [1.807, 2.05) is 13.0 Å². The molecular formula is C15H13ClF2O. The molecule has 0 amide bonds. The zero-order chi connectivity index (χ0) is 14.0. The van der Waals surface area contributed by atoms with E-state index in [0.717, 1.165) is 11.6 Å². The van der Waals surface area contributed by atoms with Gasteiger partial charge in [-0.3, -0.25) is 0 Å². The highest BCUT2D eigenvalue weighted by atomic mass is 35.5. The van der Waals surface area contributed by atoms with Gasteiger partial charge in [0, 0.05) is 11.4 Å². The minimum Gasteiger partial charge on any atom is -0.388 e. The summed E-state index contributed by atoms with van der Waals surface area (Å²) in [7, 11) is 0. The SMILES string of the molecule is Cc1cccc(C(O)Cc2cccc(F)c2F)c1Cl. The molecule has 0 bridgehead atoms. The molecule has 4 heteroatoms. The molecule has 1 N–H and O–H groups in total. The van der Waals surface area contributed by atoms with Gasteiger partial charge in [0.15, 0.2) is 11.6 Å². The van der Waals surface area contributed by atoms with E-state index in [4.69, 9.17) is 11.6 Å². The van der Waals surface area contributed by atoms with Crippen molar-refractivity contribution in [3.63, 3.8) is 0 Å². The summed E-state index contributed by atoms with van der Waals surface area (Å²) in [5, 5.41) is 10.6. The van der Waals surface area contributed by atoms with E-state index in [0.29, 0.717) is 10.6 Å². The van der Waals surface area contributed by atoms with Crippen LogP contribution in [0, 0.1) is 18.6 Å². The van der Waals surface area contributed by atoms with Crippen molar-refractivity contribution in [1.82, 2.24) is 0 Å². The van der Waals surface area contributed by atoms with Crippen LogP contribution in [0.2, 0.25) is 5.02 Å². The Kier molecular flexibility index (Phi) is 4.17. The zero-order valence-corrected chi connectivity index (χ0v) is 11.1. The second-order valence-electron chi connectivity index (χ2n) is 4.41. The van der Waals surface area contributed by atoms with Gasteiger partial charge in [-0.1, -0.05) is 41.9 Å². The van der Waals surface area contributed by atoms with Crippen molar-refractivity contribution >= 4 is 11.6 Å². The normalized spacial score (nSPS) is 12.5. The molecular weight excluding hydrogens is 270 g/mol. The van der Waals surface area contributed by atoms with Crippen LogP contribution in [0.1, 0.15) is 22.8 Å². The number of benzene rings is 2. The maximum Gasteiger partial charge on any atom is 0.162 e. The van der Waals surface area contributed by atoms with E-state index in [9.17, 15) is 13.9 Å². The molecule has 0 aliphatic rings. The van der Waals surface area contributed by atoms with Crippen LogP contribution in [0.25, 0.3) is 0 Å². The van der Waals surface area contributed by atoms with Crippen LogP contribution in [0.4, 0.5) is 8.78 Å². The number of rotatable bonds is 3. The molecule has 2 aromatic carbocycles. The average Bonchev–Trinajstić information content (AvgIpc) is 2.38. The number of aliphatic hydroxyl groups excluding tert-OH is 1. The van der Waals surface area contributed by atoms with Crippen LogP contribution in [0.15, 0.2) is 36.4 Å². The average molecular weight is 283 g/mol. The summed E-state index contributed by atoms with van der Waals surface area (Å²) in [6.07, 6.45) is -0.990. The standard InChI is InChI=1S/C15H13ClF2O/c1-9-4-2-6-11(14(9)16)13(19)8-10-5-3-7-12(17)15(10)18/h2-7,13,19H,8H2,1H3. The number of halogens is 3. The highest BCUT2D eigenvalue weighted by molar-refractivity contribution is 6.32. The predicted molar refractivity (Wildman–Crippen MR) is 71.2 cm³/mol. The number of aryl methyl sites for hydroxylation is 1. The molecule has 2 aromatic rings. The number of hydrogen-bond donors (Lipinski definition) is 1. The van der Waals surface area contributed by atoms with Crippen LogP contribution in [0.5, 0.6) is 0 Å². The lowest BCUT2D eigenvalue weighted by Crippen LogP contribution is -2.05. The molecule has 0 radical (unpaired) electrons. The van der Waals surface area contributed by atoms with Crippen molar-refractivity contribution in [3.8, 4) is 0 Å². The second kappa shape index (κ2) is 5.68. The summed E-state index contributed by atoms with van der Waals surface area (Å²) in [5.41, 5.74) is 1.48. The van der Waals surface area contributed by atoms with Crippen LogP contribution >= 0.6 is 11.6 Å². The monoisotopic (exact) mass is 282 g/mol. The lowest BCUT2D eigenvalue weighted by Gasteiger charge is -2.14. The molecule has 0 spiro atoms. The Labute approximate surface area is 115 Å². The molecule has 2 rings (SSSR count). The summed E-state index contributed by atoms with van der Waals surface area (Å²) in [6.45, 7) is 1.82. The summed E-state index contributed by atoms with van der Waals surface area (Å²) in [4.78, 5) is 0. The molecule has 0 saturated carbocycles. The smallest absolute Gasteiger partial charge is 0.162 e. The third kappa shape index (κ3) is 2.94. The van der Waals surface area contributed by atoms with E-state index >= 15 is 0 Å². The van der Waals surface area contributed by atoms with Gasteiger partial charge in [-0.2, -0.15) is 0 Å². The Morgan fingerprint density at radius 2 is 1.84 bits per heavy atom. The molecule has 1 nitrogen and oxygen atoms in total. The van der Waals surface area contributed by atoms with Crippen molar-refractivity contribution < 1.29 is 13.9 Å². The third-order valence-corrected chi connectivity index (χ3v) is 3.54. The molecule has 0 aliphatic heterocycles. The van der Waals surface area contributed by atoms with Crippen LogP contribution in [-0.2, 0) is 6.42 Å². The quantitative estimate of drug-likeness (QED) is 0.894. The largest absolute Gasteiger partial charge is 0.388 e. The maximum absolute atomic E-state index is 13.5. The first-order valence-electron chi connectivity index (χ1n) is 5.86. The van der Waals surface area contributed by atoms with E-state index in [1.165, 1.54) is 12.1 Å². The lowest BCUT2D eigenvalue weighted by atomic mass is 9.99. The van der Waals surface area contributed by atoms with Crippen molar-refractivity contribution in [2.45, 2.75) is 19.4 Å². The van der Waals surface area contributed by atoms with Gasteiger partial charge >= 0.3 is 0 Å². The molecule has 19 heavy (non-hydrogen) atoms. The zero-order valence-electron chi connectivity index (χ0n) is 10.3. The van der Waals surface area contributed by atoms with Gasteiger partial charge in [-0.05, 0) is 29.7 Å². The molecule has 0 fully saturated rings. The van der Waals surface area contributed by atoms with Crippen molar-refractivity contribution in [3.05, 3.63) is 69.7 Å². The first-order chi connectivity index (χ1) is 9.00. The Morgan fingerprint density at radius 3 is 2.58 bits per heavy atom. The minimum atomic E-state index is -0.969. The van der Waals surface area contributed by atoms with E-state index in [2.05, 4.69) is 0 Å². The highest BCUT2D eigenvalue weighted by Gasteiger charge is 2.16. The van der Waals surface area contributed by atoms with Crippen LogP contribution in [-0.4, -0.2) is 5.11 Å². The maximum atomic E-state index is 13.5. The lowest BCUT2D eigenvalue weighted by molar-refractivity contribution is 0.177. The fourth-order valence-electron chi connectivity index (χ4n) is 1.95. The van der Waals surface area contributed by atoms with Crippen molar-refractivity contribution in [2.75, 3.05) is 0 Å². The molecule has 1 atom stereocenters. The molecule has 0 saturated heterocycles. The van der Waals surface area contributed by atoms with Crippen molar-refractivity contribution in [1.29, 1.82) is 0 Å². The first-order valence-corrected chi connectivity index (χ1v) is 6.24. The fourth-order valence-corrected chi connectivity index (χ4v) is 2.20. The van der Waals surface area contributed by atoms with Gasteiger partial charge in [0.1, 0.15) is 0 Å². The number of hydrogen-bond acceptors (Lipinski definition) is 1. The Bertz CT molecular complexity index is 599. The Balaban J connectivity index is 2.28. The molecule has 1 unspecified atom stereocenters. The van der Waals surface area contributed by atoms with Gasteiger partial charge in [-0.25, -0.2) is 8.78 Å². The van der Waals surface area contributed by atoms with Gasteiger partial charge in [0.25, 0.3) is 0 Å². The topological polar surface area (TPSA) is 20.2 Å². The molecule has 0 aliphatic carbocycles. The summed E-state index contributed by atoms with van der Waals surface area (Å²) in [5.74, 6) is -1.84. The summed E-state index contributed by atoms with van der Waals surface area (Å²) in [6, 6.07) is 9.18. The highest BCUT2D eigenvalue weighted by Crippen LogP contribution is 2.29. The van der Waals surface area contributed by atoms with Gasteiger partial charge in [0.05, 0.1) is 6.10 Å². The first kappa shape index (κ1) is 14.0. The van der Waals surface area contributed by atoms with Crippen molar-refractivity contribution in [2.24, 2.45) is 0 Å². The predicted octanol–water partition coefficient (Wildman–Crippen LogP) is 4.20. The molecule has 0 heterocycles. The Morgan fingerprint density at radius 1 is 1.16 bits per heavy atom.